The molecule has 1 N–H and O–H groups in total. The highest BCUT2D eigenvalue weighted by Crippen LogP contribution is 2.35. The summed E-state index contributed by atoms with van der Waals surface area (Å²) in [6.45, 7) is 2.27. The zero-order valence-electron chi connectivity index (χ0n) is 10.6. The standard InChI is InChI=1S/C14H21NO2/c1-15-8-7-14(10-15,11-16)9-12-5-3-4-6-13(12)17-2/h3-6,16H,7-11H2,1-2H3. The first-order valence-electron chi connectivity index (χ1n) is 6.10. The number of rotatable bonds is 4. The molecule has 0 saturated carbocycles. The first kappa shape index (κ1) is 12.4. The summed E-state index contributed by atoms with van der Waals surface area (Å²) in [5, 5.41) is 9.69. The van der Waals surface area contributed by atoms with Crippen LogP contribution in [-0.4, -0.2) is 43.9 Å². The van der Waals surface area contributed by atoms with Crippen molar-refractivity contribution in [3.8, 4) is 5.75 Å². The Morgan fingerprint density at radius 3 is 2.76 bits per heavy atom. The lowest BCUT2D eigenvalue weighted by atomic mass is 9.81. The summed E-state index contributed by atoms with van der Waals surface area (Å²) in [5.74, 6) is 0.926. The van der Waals surface area contributed by atoms with Crippen molar-refractivity contribution in [3.63, 3.8) is 0 Å². The molecule has 0 amide bonds. The van der Waals surface area contributed by atoms with Gasteiger partial charge < -0.3 is 14.7 Å². The summed E-state index contributed by atoms with van der Waals surface area (Å²) in [6.07, 6.45) is 1.94. The molecule has 1 fully saturated rings. The monoisotopic (exact) mass is 235 g/mol. The van der Waals surface area contributed by atoms with Gasteiger partial charge in [0.1, 0.15) is 5.75 Å². The minimum Gasteiger partial charge on any atom is -0.496 e. The van der Waals surface area contributed by atoms with Gasteiger partial charge in [0.2, 0.25) is 0 Å². The van der Waals surface area contributed by atoms with E-state index >= 15 is 0 Å². The lowest BCUT2D eigenvalue weighted by molar-refractivity contribution is 0.131. The Morgan fingerprint density at radius 1 is 1.41 bits per heavy atom. The minimum absolute atomic E-state index is 0.00336. The Hall–Kier alpha value is -1.06. The number of likely N-dealkylation sites (tertiary alicyclic amines) is 1. The molecular formula is C14H21NO2. The van der Waals surface area contributed by atoms with Crippen molar-refractivity contribution in [1.82, 2.24) is 4.90 Å². The van der Waals surface area contributed by atoms with Crippen LogP contribution in [0.15, 0.2) is 24.3 Å². The van der Waals surface area contributed by atoms with Crippen LogP contribution in [0.5, 0.6) is 5.75 Å². The number of hydrogen-bond donors (Lipinski definition) is 1. The van der Waals surface area contributed by atoms with E-state index in [4.69, 9.17) is 4.74 Å². The average molecular weight is 235 g/mol. The van der Waals surface area contributed by atoms with E-state index in [2.05, 4.69) is 18.0 Å². The molecule has 1 heterocycles. The highest BCUT2D eigenvalue weighted by Gasteiger charge is 2.36. The predicted octanol–water partition coefficient (Wildman–Crippen LogP) is 1.55. The molecule has 1 aromatic rings. The normalized spacial score (nSPS) is 25.1. The van der Waals surface area contributed by atoms with E-state index in [1.807, 2.05) is 18.2 Å². The number of aliphatic hydroxyl groups excluding tert-OH is 1. The van der Waals surface area contributed by atoms with Crippen LogP contribution in [0, 0.1) is 5.41 Å². The van der Waals surface area contributed by atoms with Crippen LogP contribution >= 0.6 is 0 Å². The molecule has 94 valence electrons. The highest BCUT2D eigenvalue weighted by molar-refractivity contribution is 5.34. The number of methoxy groups -OCH3 is 1. The fourth-order valence-corrected chi connectivity index (χ4v) is 2.74. The zero-order chi connectivity index (χ0) is 12.3. The molecule has 1 unspecified atom stereocenters. The molecule has 17 heavy (non-hydrogen) atoms. The van der Waals surface area contributed by atoms with Gasteiger partial charge in [-0.05, 0) is 38.1 Å². The van der Waals surface area contributed by atoms with E-state index in [1.165, 1.54) is 5.56 Å². The number of benzene rings is 1. The van der Waals surface area contributed by atoms with Gasteiger partial charge in [0, 0.05) is 12.0 Å². The third-order valence-electron chi connectivity index (χ3n) is 3.72. The summed E-state index contributed by atoms with van der Waals surface area (Å²) < 4.78 is 5.38. The van der Waals surface area contributed by atoms with Crippen molar-refractivity contribution >= 4 is 0 Å². The molecule has 1 aliphatic rings. The lowest BCUT2D eigenvalue weighted by Crippen LogP contribution is -2.31. The van der Waals surface area contributed by atoms with Gasteiger partial charge in [0.15, 0.2) is 0 Å². The van der Waals surface area contributed by atoms with Gasteiger partial charge in [-0.2, -0.15) is 0 Å². The highest BCUT2D eigenvalue weighted by atomic mass is 16.5. The van der Waals surface area contributed by atoms with E-state index in [-0.39, 0.29) is 12.0 Å². The second-order valence-corrected chi connectivity index (χ2v) is 5.13. The Balaban J connectivity index is 2.18. The SMILES string of the molecule is COc1ccccc1CC1(CO)CCN(C)C1. The summed E-state index contributed by atoms with van der Waals surface area (Å²) in [5.41, 5.74) is 1.20. The average Bonchev–Trinajstić information content (AvgIpc) is 2.72. The van der Waals surface area contributed by atoms with Crippen LogP contribution in [0.2, 0.25) is 0 Å². The first-order valence-corrected chi connectivity index (χ1v) is 6.10. The van der Waals surface area contributed by atoms with Crippen LogP contribution in [0.1, 0.15) is 12.0 Å². The van der Waals surface area contributed by atoms with Crippen LogP contribution in [-0.2, 0) is 6.42 Å². The van der Waals surface area contributed by atoms with Gasteiger partial charge >= 0.3 is 0 Å². The van der Waals surface area contributed by atoms with E-state index in [9.17, 15) is 5.11 Å². The van der Waals surface area contributed by atoms with Gasteiger partial charge in [0.25, 0.3) is 0 Å². The van der Waals surface area contributed by atoms with Crippen molar-refractivity contribution in [1.29, 1.82) is 0 Å². The van der Waals surface area contributed by atoms with Crippen molar-refractivity contribution < 1.29 is 9.84 Å². The smallest absolute Gasteiger partial charge is 0.122 e. The second-order valence-electron chi connectivity index (χ2n) is 5.13. The molecule has 0 aromatic heterocycles. The molecule has 0 bridgehead atoms. The molecule has 3 nitrogen and oxygen atoms in total. The number of para-hydroxylation sites is 1. The Labute approximate surface area is 103 Å². The number of aliphatic hydroxyl groups is 1. The summed E-state index contributed by atoms with van der Waals surface area (Å²) in [6, 6.07) is 8.09. The number of hydrogen-bond acceptors (Lipinski definition) is 3. The Morgan fingerprint density at radius 2 is 2.18 bits per heavy atom. The largest absolute Gasteiger partial charge is 0.496 e. The summed E-state index contributed by atoms with van der Waals surface area (Å²) in [4.78, 5) is 2.28. The van der Waals surface area contributed by atoms with Crippen LogP contribution < -0.4 is 4.74 Å². The van der Waals surface area contributed by atoms with Gasteiger partial charge in [0.05, 0.1) is 13.7 Å². The quantitative estimate of drug-likeness (QED) is 0.859. The van der Waals surface area contributed by atoms with Gasteiger partial charge in [-0.15, -0.1) is 0 Å². The lowest BCUT2D eigenvalue weighted by Gasteiger charge is -2.27. The molecule has 1 aliphatic heterocycles. The van der Waals surface area contributed by atoms with Gasteiger partial charge in [-0.3, -0.25) is 0 Å². The molecule has 0 spiro atoms. The second kappa shape index (κ2) is 5.07. The van der Waals surface area contributed by atoms with Crippen LogP contribution in [0.4, 0.5) is 0 Å². The van der Waals surface area contributed by atoms with Crippen molar-refractivity contribution in [2.45, 2.75) is 12.8 Å². The van der Waals surface area contributed by atoms with Crippen molar-refractivity contribution in [2.24, 2.45) is 5.41 Å². The van der Waals surface area contributed by atoms with Crippen LogP contribution in [0.25, 0.3) is 0 Å². The molecule has 1 aromatic carbocycles. The predicted molar refractivity (Wildman–Crippen MR) is 68.3 cm³/mol. The van der Waals surface area contributed by atoms with Gasteiger partial charge in [-0.25, -0.2) is 0 Å². The minimum atomic E-state index is 0.00336. The molecular weight excluding hydrogens is 214 g/mol. The topological polar surface area (TPSA) is 32.7 Å². The third-order valence-corrected chi connectivity index (χ3v) is 3.72. The zero-order valence-corrected chi connectivity index (χ0v) is 10.6. The maximum Gasteiger partial charge on any atom is 0.122 e. The van der Waals surface area contributed by atoms with E-state index in [0.29, 0.717) is 0 Å². The van der Waals surface area contributed by atoms with Crippen molar-refractivity contribution in [2.75, 3.05) is 33.9 Å². The van der Waals surface area contributed by atoms with E-state index < -0.39 is 0 Å². The Kier molecular flexibility index (Phi) is 3.69. The maximum atomic E-state index is 9.69. The molecule has 0 radical (unpaired) electrons. The summed E-state index contributed by atoms with van der Waals surface area (Å²) in [7, 11) is 3.81. The third kappa shape index (κ3) is 2.61. The van der Waals surface area contributed by atoms with Crippen LogP contribution in [0.3, 0.4) is 0 Å². The number of nitrogens with zero attached hydrogens (tertiary/aromatic N) is 1. The maximum absolute atomic E-state index is 9.69. The first-order chi connectivity index (χ1) is 8.19. The number of ether oxygens (including phenoxy) is 1. The van der Waals surface area contributed by atoms with E-state index in [1.54, 1.807) is 7.11 Å². The molecule has 1 saturated heterocycles. The molecule has 2 rings (SSSR count). The Bertz CT molecular complexity index is 380. The summed E-state index contributed by atoms with van der Waals surface area (Å²) >= 11 is 0. The van der Waals surface area contributed by atoms with E-state index in [0.717, 1.165) is 31.7 Å². The van der Waals surface area contributed by atoms with Crippen molar-refractivity contribution in [3.05, 3.63) is 29.8 Å². The molecule has 0 aliphatic carbocycles. The fraction of sp³-hybridized carbons (Fsp3) is 0.571. The molecule has 1 atom stereocenters. The van der Waals surface area contributed by atoms with Gasteiger partial charge in [-0.1, -0.05) is 18.2 Å². The fourth-order valence-electron chi connectivity index (χ4n) is 2.74. The molecule has 3 heteroatoms.